The number of fused-ring (bicyclic) bond motifs is 1. The molecule has 0 unspecified atom stereocenters. The first-order valence-electron chi connectivity index (χ1n) is 7.13. The Morgan fingerprint density at radius 3 is 2.71 bits per heavy atom. The van der Waals surface area contributed by atoms with Gasteiger partial charge in [-0.1, -0.05) is 42.0 Å². The van der Waals surface area contributed by atoms with Crippen LogP contribution in [0.3, 0.4) is 0 Å². The number of hydrogen-bond acceptors (Lipinski definition) is 7. The van der Waals surface area contributed by atoms with E-state index in [0.29, 0.717) is 10.2 Å². The summed E-state index contributed by atoms with van der Waals surface area (Å²) in [5.41, 5.74) is 1.86. The molecule has 0 aliphatic rings. The summed E-state index contributed by atoms with van der Waals surface area (Å²) in [6, 6.07) is 7.57. The number of halogens is 1. The van der Waals surface area contributed by atoms with Gasteiger partial charge in [-0.25, -0.2) is 14.2 Å². The largest absolute Gasteiger partial charge is 0.336 e. The van der Waals surface area contributed by atoms with Gasteiger partial charge in [0.1, 0.15) is 0 Å². The highest BCUT2D eigenvalue weighted by atomic mass is 35.5. The molecule has 3 aromatic heterocycles. The second kappa shape index (κ2) is 6.08. The van der Waals surface area contributed by atoms with Crippen molar-refractivity contribution in [1.82, 2.24) is 29.5 Å². The Hall–Kier alpha value is -2.10. The maximum absolute atomic E-state index is 5.96. The van der Waals surface area contributed by atoms with Gasteiger partial charge in [-0.05, 0) is 23.9 Å². The fourth-order valence-corrected chi connectivity index (χ4v) is 4.11. The number of nitrogens with two attached hydrogens (primary N) is 1. The lowest BCUT2D eigenvalue weighted by Crippen LogP contribution is -2.13. The Morgan fingerprint density at radius 1 is 1.25 bits per heavy atom. The molecule has 4 rings (SSSR count). The minimum absolute atomic E-state index is 0.613. The molecule has 0 amide bonds. The van der Waals surface area contributed by atoms with Gasteiger partial charge in [-0.15, -0.1) is 15.3 Å². The molecule has 2 N–H and O–H groups in total. The first kappa shape index (κ1) is 15.4. The molecule has 4 aromatic rings. The first-order valence-corrected chi connectivity index (χ1v) is 9.14. The molecule has 3 heterocycles. The Kier molecular flexibility index (Phi) is 3.91. The van der Waals surface area contributed by atoms with Crippen molar-refractivity contribution in [3.05, 3.63) is 41.3 Å². The van der Waals surface area contributed by atoms with Gasteiger partial charge in [0.05, 0.1) is 11.9 Å². The van der Waals surface area contributed by atoms with Gasteiger partial charge in [0, 0.05) is 17.0 Å². The molecule has 0 spiro atoms. The highest BCUT2D eigenvalue weighted by Crippen LogP contribution is 2.31. The van der Waals surface area contributed by atoms with Crippen molar-refractivity contribution in [3.8, 4) is 11.3 Å². The van der Waals surface area contributed by atoms with Crippen LogP contribution in [0.1, 0.15) is 12.7 Å². The summed E-state index contributed by atoms with van der Waals surface area (Å²) in [7, 11) is 0. The van der Waals surface area contributed by atoms with Crippen molar-refractivity contribution >= 4 is 39.7 Å². The lowest BCUT2D eigenvalue weighted by Gasteiger charge is -1.98. The molecule has 10 heteroatoms. The molecular formula is C14H12ClN7S2. The SMILES string of the molecule is CCc1nnc(Sc2nn3cc(-c4ccc(Cl)cc4)nc3s2)n1N. The monoisotopic (exact) mass is 377 g/mol. The number of nitrogen functional groups attached to an aromatic ring is 1. The van der Waals surface area contributed by atoms with E-state index in [1.54, 1.807) is 4.52 Å². The quantitative estimate of drug-likeness (QED) is 0.550. The predicted octanol–water partition coefficient (Wildman–Crippen LogP) is 3.13. The minimum atomic E-state index is 0.613. The number of rotatable bonds is 4. The fraction of sp³-hybridized carbons (Fsp3) is 0.143. The lowest BCUT2D eigenvalue weighted by atomic mass is 10.2. The molecule has 24 heavy (non-hydrogen) atoms. The summed E-state index contributed by atoms with van der Waals surface area (Å²) < 4.78 is 4.06. The van der Waals surface area contributed by atoms with E-state index in [-0.39, 0.29) is 0 Å². The van der Waals surface area contributed by atoms with Crippen LogP contribution in [0.15, 0.2) is 40.0 Å². The molecule has 0 radical (unpaired) electrons. The number of aryl methyl sites for hydroxylation is 1. The summed E-state index contributed by atoms with van der Waals surface area (Å²) >= 11 is 8.77. The Labute approximate surface area is 150 Å². The molecule has 0 saturated heterocycles. The van der Waals surface area contributed by atoms with E-state index in [9.17, 15) is 0 Å². The Morgan fingerprint density at radius 2 is 2.04 bits per heavy atom. The van der Waals surface area contributed by atoms with Crippen molar-refractivity contribution in [2.45, 2.75) is 22.8 Å². The second-order valence-electron chi connectivity index (χ2n) is 4.95. The number of hydrogen-bond donors (Lipinski definition) is 1. The van der Waals surface area contributed by atoms with Gasteiger partial charge in [-0.3, -0.25) is 0 Å². The van der Waals surface area contributed by atoms with Crippen LogP contribution >= 0.6 is 34.7 Å². The molecule has 122 valence electrons. The third kappa shape index (κ3) is 2.74. The van der Waals surface area contributed by atoms with Crippen LogP contribution in [0.25, 0.3) is 16.2 Å². The highest BCUT2D eigenvalue weighted by molar-refractivity contribution is 8.01. The van der Waals surface area contributed by atoms with E-state index >= 15 is 0 Å². The van der Waals surface area contributed by atoms with Crippen molar-refractivity contribution in [2.24, 2.45) is 0 Å². The van der Waals surface area contributed by atoms with Crippen LogP contribution in [0, 0.1) is 0 Å². The predicted molar refractivity (Wildman–Crippen MR) is 95.0 cm³/mol. The number of imidazole rings is 1. The highest BCUT2D eigenvalue weighted by Gasteiger charge is 2.15. The van der Waals surface area contributed by atoms with Crippen LogP contribution in [-0.2, 0) is 6.42 Å². The zero-order chi connectivity index (χ0) is 16.7. The van der Waals surface area contributed by atoms with E-state index in [1.165, 1.54) is 27.8 Å². The van der Waals surface area contributed by atoms with E-state index in [1.807, 2.05) is 37.4 Å². The molecule has 0 bridgehead atoms. The van der Waals surface area contributed by atoms with Crippen LogP contribution < -0.4 is 5.84 Å². The van der Waals surface area contributed by atoms with Crippen molar-refractivity contribution in [1.29, 1.82) is 0 Å². The smallest absolute Gasteiger partial charge is 0.216 e. The minimum Gasteiger partial charge on any atom is -0.336 e. The molecule has 7 nitrogen and oxygen atoms in total. The average molecular weight is 378 g/mol. The van der Waals surface area contributed by atoms with Crippen LogP contribution in [0.5, 0.6) is 0 Å². The van der Waals surface area contributed by atoms with Gasteiger partial charge < -0.3 is 5.84 Å². The van der Waals surface area contributed by atoms with Crippen molar-refractivity contribution < 1.29 is 0 Å². The Bertz CT molecular complexity index is 971. The van der Waals surface area contributed by atoms with Gasteiger partial charge in [0.25, 0.3) is 0 Å². The normalized spacial score (nSPS) is 11.4. The average Bonchev–Trinajstić information content (AvgIpc) is 3.22. The van der Waals surface area contributed by atoms with Crippen molar-refractivity contribution in [2.75, 3.05) is 5.84 Å². The fourth-order valence-electron chi connectivity index (χ4n) is 2.18. The molecule has 0 saturated carbocycles. The van der Waals surface area contributed by atoms with E-state index in [4.69, 9.17) is 17.4 Å². The molecule has 1 aromatic carbocycles. The van der Waals surface area contributed by atoms with E-state index in [0.717, 1.165) is 32.8 Å². The summed E-state index contributed by atoms with van der Waals surface area (Å²) in [5, 5.41) is 14.0. The molecular weight excluding hydrogens is 366 g/mol. The summed E-state index contributed by atoms with van der Waals surface area (Å²) in [6.07, 6.45) is 2.62. The maximum Gasteiger partial charge on any atom is 0.216 e. The topological polar surface area (TPSA) is 86.9 Å². The third-order valence-electron chi connectivity index (χ3n) is 3.39. The van der Waals surface area contributed by atoms with E-state index in [2.05, 4.69) is 20.3 Å². The Balaban J connectivity index is 1.61. The lowest BCUT2D eigenvalue weighted by molar-refractivity contribution is 0.794. The van der Waals surface area contributed by atoms with Gasteiger partial charge in [0.2, 0.25) is 10.1 Å². The standard InChI is InChI=1S/C14H12ClN7S2/c1-2-11-18-19-13(22(11)16)24-14-20-21-7-10(17-12(21)23-14)8-3-5-9(15)6-4-8/h3-7H,2,16H2,1H3. The third-order valence-corrected chi connectivity index (χ3v) is 5.58. The van der Waals surface area contributed by atoms with Crippen molar-refractivity contribution in [3.63, 3.8) is 0 Å². The number of benzene rings is 1. The van der Waals surface area contributed by atoms with Gasteiger partial charge >= 0.3 is 0 Å². The van der Waals surface area contributed by atoms with Gasteiger partial charge in [-0.2, -0.15) is 0 Å². The number of aromatic nitrogens is 6. The first-order chi connectivity index (χ1) is 11.6. The second-order valence-corrected chi connectivity index (χ2v) is 7.56. The van der Waals surface area contributed by atoms with E-state index < -0.39 is 0 Å². The zero-order valence-corrected chi connectivity index (χ0v) is 14.9. The summed E-state index contributed by atoms with van der Waals surface area (Å²) in [4.78, 5) is 5.41. The van der Waals surface area contributed by atoms with Gasteiger partial charge in [0.15, 0.2) is 10.2 Å². The maximum atomic E-state index is 5.96. The molecule has 0 atom stereocenters. The summed E-state index contributed by atoms with van der Waals surface area (Å²) in [5.74, 6) is 6.70. The van der Waals surface area contributed by atoms with Crippen LogP contribution in [0.2, 0.25) is 5.02 Å². The van der Waals surface area contributed by atoms with Crippen LogP contribution in [0.4, 0.5) is 0 Å². The molecule has 0 aliphatic heterocycles. The number of nitrogens with zero attached hydrogens (tertiary/aromatic N) is 6. The zero-order valence-electron chi connectivity index (χ0n) is 12.5. The summed E-state index contributed by atoms with van der Waals surface area (Å²) in [6.45, 7) is 1.98. The van der Waals surface area contributed by atoms with Crippen LogP contribution in [-0.4, -0.2) is 29.5 Å². The molecule has 0 aliphatic carbocycles. The molecule has 0 fully saturated rings.